The second-order valence-electron chi connectivity index (χ2n) is 4.93. The highest BCUT2D eigenvalue weighted by Gasteiger charge is 2.09. The van der Waals surface area contributed by atoms with Crippen LogP contribution in [0.3, 0.4) is 0 Å². The number of carbonyl (C=O) groups is 3. The summed E-state index contributed by atoms with van der Waals surface area (Å²) in [6, 6.07) is 6.23. The van der Waals surface area contributed by atoms with Gasteiger partial charge in [0, 0.05) is 30.0 Å². The normalized spacial score (nSPS) is 10.3. The van der Waals surface area contributed by atoms with Crippen LogP contribution < -0.4 is 11.1 Å². The van der Waals surface area contributed by atoms with E-state index < -0.39 is 5.91 Å². The van der Waals surface area contributed by atoms with Gasteiger partial charge in [-0.3, -0.25) is 14.4 Å². The van der Waals surface area contributed by atoms with Gasteiger partial charge in [-0.2, -0.15) is 0 Å². The zero-order chi connectivity index (χ0) is 15.1. The number of hydrogen-bond acceptors (Lipinski definition) is 3. The standard InChI is InChI=1S/C15H20N2O3/c1-10(2)13(18)7-4-8-17-15(20)12-6-3-5-11(9-12)14(16)19/h3,5-6,9-10H,4,7-8H2,1-2H3,(H2,16,19)(H,17,20). The van der Waals surface area contributed by atoms with E-state index in [9.17, 15) is 14.4 Å². The molecule has 0 bridgehead atoms. The number of ketones is 1. The Morgan fingerprint density at radius 1 is 1.20 bits per heavy atom. The monoisotopic (exact) mass is 276 g/mol. The molecule has 0 aliphatic carbocycles. The topological polar surface area (TPSA) is 89.3 Å². The molecular weight excluding hydrogens is 256 g/mol. The molecule has 1 aromatic carbocycles. The Bertz CT molecular complexity index is 510. The number of Topliss-reactive ketones (excluding diaryl/α,β-unsaturated/α-hetero) is 1. The maximum absolute atomic E-state index is 11.8. The Kier molecular flexibility index (Phi) is 5.90. The Balaban J connectivity index is 2.45. The van der Waals surface area contributed by atoms with Gasteiger partial charge in [0.15, 0.2) is 0 Å². The highest BCUT2D eigenvalue weighted by atomic mass is 16.2. The number of nitrogens with one attached hydrogen (secondary N) is 1. The van der Waals surface area contributed by atoms with E-state index in [4.69, 9.17) is 5.73 Å². The molecule has 0 saturated carbocycles. The third-order valence-electron chi connectivity index (χ3n) is 2.94. The Labute approximate surface area is 118 Å². The van der Waals surface area contributed by atoms with E-state index in [-0.39, 0.29) is 17.6 Å². The molecule has 0 aliphatic rings. The molecule has 0 atom stereocenters. The molecule has 108 valence electrons. The van der Waals surface area contributed by atoms with Crippen LogP contribution in [0, 0.1) is 5.92 Å². The van der Waals surface area contributed by atoms with E-state index in [0.717, 1.165) is 0 Å². The molecule has 1 rings (SSSR count). The minimum atomic E-state index is -0.567. The van der Waals surface area contributed by atoms with Crippen molar-refractivity contribution >= 4 is 17.6 Å². The van der Waals surface area contributed by atoms with Crippen LogP contribution in [0.2, 0.25) is 0 Å². The lowest BCUT2D eigenvalue weighted by atomic mass is 10.0. The largest absolute Gasteiger partial charge is 0.366 e. The molecule has 0 unspecified atom stereocenters. The van der Waals surface area contributed by atoms with Gasteiger partial charge >= 0.3 is 0 Å². The van der Waals surface area contributed by atoms with E-state index >= 15 is 0 Å². The van der Waals surface area contributed by atoms with Gasteiger partial charge < -0.3 is 11.1 Å². The minimum absolute atomic E-state index is 0.0259. The number of benzene rings is 1. The molecule has 5 heteroatoms. The van der Waals surface area contributed by atoms with Crippen LogP contribution in [0.4, 0.5) is 0 Å². The third-order valence-corrected chi connectivity index (χ3v) is 2.94. The summed E-state index contributed by atoms with van der Waals surface area (Å²) in [5.74, 6) is -0.625. The summed E-state index contributed by atoms with van der Waals surface area (Å²) in [6.45, 7) is 4.14. The van der Waals surface area contributed by atoms with Crippen LogP contribution in [0.25, 0.3) is 0 Å². The molecule has 0 spiro atoms. The number of rotatable bonds is 7. The lowest BCUT2D eigenvalue weighted by molar-refractivity contribution is -0.121. The predicted octanol–water partition coefficient (Wildman–Crippen LogP) is 1.52. The fourth-order valence-corrected chi connectivity index (χ4v) is 1.67. The van der Waals surface area contributed by atoms with Gasteiger partial charge in [0.1, 0.15) is 5.78 Å². The Hall–Kier alpha value is -2.17. The summed E-state index contributed by atoms with van der Waals surface area (Å²) in [4.78, 5) is 34.3. The first-order valence-electron chi connectivity index (χ1n) is 6.62. The van der Waals surface area contributed by atoms with Crippen molar-refractivity contribution in [2.45, 2.75) is 26.7 Å². The Morgan fingerprint density at radius 3 is 2.45 bits per heavy atom. The first-order valence-corrected chi connectivity index (χ1v) is 6.62. The molecule has 5 nitrogen and oxygen atoms in total. The molecule has 0 radical (unpaired) electrons. The van der Waals surface area contributed by atoms with E-state index in [2.05, 4.69) is 5.32 Å². The van der Waals surface area contributed by atoms with Gasteiger partial charge in [0.2, 0.25) is 5.91 Å². The van der Waals surface area contributed by atoms with E-state index in [1.54, 1.807) is 18.2 Å². The van der Waals surface area contributed by atoms with Crippen LogP contribution in [-0.4, -0.2) is 24.1 Å². The average Bonchev–Trinajstić information content (AvgIpc) is 2.43. The third kappa shape index (κ3) is 4.84. The van der Waals surface area contributed by atoms with Gasteiger partial charge in [0.25, 0.3) is 5.91 Å². The molecular formula is C15H20N2O3. The fraction of sp³-hybridized carbons (Fsp3) is 0.400. The van der Waals surface area contributed by atoms with E-state index in [0.29, 0.717) is 30.5 Å². The highest BCUT2D eigenvalue weighted by Crippen LogP contribution is 2.05. The summed E-state index contributed by atoms with van der Waals surface area (Å²) < 4.78 is 0. The number of amides is 2. The van der Waals surface area contributed by atoms with Crippen LogP contribution >= 0.6 is 0 Å². The first-order chi connectivity index (χ1) is 9.41. The summed E-state index contributed by atoms with van der Waals surface area (Å²) >= 11 is 0. The van der Waals surface area contributed by atoms with E-state index in [1.165, 1.54) is 6.07 Å². The molecule has 1 aromatic rings. The molecule has 0 saturated heterocycles. The molecule has 2 amide bonds. The first kappa shape index (κ1) is 15.9. The van der Waals surface area contributed by atoms with Crippen molar-refractivity contribution in [2.24, 2.45) is 11.7 Å². The smallest absolute Gasteiger partial charge is 0.251 e. The van der Waals surface area contributed by atoms with Crippen molar-refractivity contribution in [2.75, 3.05) is 6.54 Å². The lowest BCUT2D eigenvalue weighted by Gasteiger charge is -2.07. The SMILES string of the molecule is CC(C)C(=O)CCCNC(=O)c1cccc(C(N)=O)c1. The molecule has 0 fully saturated rings. The second-order valence-corrected chi connectivity index (χ2v) is 4.93. The van der Waals surface area contributed by atoms with Crippen molar-refractivity contribution in [1.82, 2.24) is 5.32 Å². The zero-order valence-electron chi connectivity index (χ0n) is 11.8. The number of nitrogens with two attached hydrogens (primary N) is 1. The molecule has 3 N–H and O–H groups in total. The summed E-state index contributed by atoms with van der Waals surface area (Å²) in [5, 5.41) is 2.72. The lowest BCUT2D eigenvalue weighted by Crippen LogP contribution is -2.25. The maximum atomic E-state index is 11.8. The van der Waals surface area contributed by atoms with Crippen LogP contribution in [0.5, 0.6) is 0 Å². The average molecular weight is 276 g/mol. The van der Waals surface area contributed by atoms with Crippen molar-refractivity contribution in [3.63, 3.8) is 0 Å². The summed E-state index contributed by atoms with van der Waals surface area (Å²) in [7, 11) is 0. The van der Waals surface area contributed by atoms with Crippen molar-refractivity contribution in [1.29, 1.82) is 0 Å². The zero-order valence-corrected chi connectivity index (χ0v) is 11.8. The van der Waals surface area contributed by atoms with Crippen molar-refractivity contribution in [3.05, 3.63) is 35.4 Å². The molecule has 0 aliphatic heterocycles. The van der Waals surface area contributed by atoms with Crippen LogP contribution in [0.1, 0.15) is 47.4 Å². The van der Waals surface area contributed by atoms with E-state index in [1.807, 2.05) is 13.8 Å². The number of primary amides is 1. The maximum Gasteiger partial charge on any atom is 0.251 e. The molecule has 0 aromatic heterocycles. The van der Waals surface area contributed by atoms with Crippen LogP contribution in [0.15, 0.2) is 24.3 Å². The van der Waals surface area contributed by atoms with Gasteiger partial charge in [-0.05, 0) is 24.6 Å². The predicted molar refractivity (Wildman–Crippen MR) is 76.4 cm³/mol. The summed E-state index contributed by atoms with van der Waals surface area (Å²) in [5.41, 5.74) is 5.84. The van der Waals surface area contributed by atoms with Gasteiger partial charge in [0.05, 0.1) is 0 Å². The van der Waals surface area contributed by atoms with Gasteiger partial charge in [-0.25, -0.2) is 0 Å². The minimum Gasteiger partial charge on any atom is -0.366 e. The fourth-order valence-electron chi connectivity index (χ4n) is 1.67. The molecule has 0 heterocycles. The molecule has 20 heavy (non-hydrogen) atoms. The summed E-state index contributed by atoms with van der Waals surface area (Å²) in [6.07, 6.45) is 1.07. The van der Waals surface area contributed by atoms with Crippen molar-refractivity contribution in [3.8, 4) is 0 Å². The van der Waals surface area contributed by atoms with Crippen molar-refractivity contribution < 1.29 is 14.4 Å². The quantitative estimate of drug-likeness (QED) is 0.740. The highest BCUT2D eigenvalue weighted by molar-refractivity contribution is 5.99. The van der Waals surface area contributed by atoms with Crippen LogP contribution in [-0.2, 0) is 4.79 Å². The van der Waals surface area contributed by atoms with Gasteiger partial charge in [-0.1, -0.05) is 19.9 Å². The second kappa shape index (κ2) is 7.43. The number of hydrogen-bond donors (Lipinski definition) is 2. The number of carbonyl (C=O) groups excluding carboxylic acids is 3. The Morgan fingerprint density at radius 2 is 1.85 bits per heavy atom. The van der Waals surface area contributed by atoms with Gasteiger partial charge in [-0.15, -0.1) is 0 Å².